The average molecular weight is 146 g/mol. The average Bonchev–Trinajstić information content (AvgIpc) is 2.12. The molecule has 0 aromatic carbocycles. The lowest BCUT2D eigenvalue weighted by atomic mass is 9.94. The van der Waals surface area contributed by atoms with Crippen LogP contribution in [0.25, 0.3) is 0 Å². The standard InChI is InChI=1S/C5H4BCl2/c7-6(8)5-3-1-2-4-5/h1,3H,2H2. The van der Waals surface area contributed by atoms with Gasteiger partial charge in [0.05, 0.1) is 0 Å². The Kier molecular flexibility index (Phi) is 2.04. The minimum atomic E-state index is -0.395. The molecular formula is C5H4BCl2. The molecule has 0 fully saturated rings. The fourth-order valence-corrected chi connectivity index (χ4v) is 0.871. The summed E-state index contributed by atoms with van der Waals surface area (Å²) in [5, 5.41) is 0. The summed E-state index contributed by atoms with van der Waals surface area (Å²) in [5.41, 5.74) is 0.502. The maximum absolute atomic E-state index is 5.50. The first-order valence-corrected chi connectivity index (χ1v) is 3.23. The van der Waals surface area contributed by atoms with E-state index in [1.165, 1.54) is 0 Å². The second-order valence-electron chi connectivity index (χ2n) is 1.54. The lowest BCUT2D eigenvalue weighted by molar-refractivity contribution is 1.39. The van der Waals surface area contributed by atoms with Crippen molar-refractivity contribution < 1.29 is 0 Å². The smallest absolute Gasteiger partial charge is 0.165 e. The van der Waals surface area contributed by atoms with Crippen LogP contribution in [-0.2, 0) is 0 Å². The van der Waals surface area contributed by atoms with Gasteiger partial charge in [0, 0.05) is 0 Å². The quantitative estimate of drug-likeness (QED) is 0.497. The molecule has 0 aliphatic heterocycles. The van der Waals surface area contributed by atoms with Crippen LogP contribution in [-0.4, -0.2) is 5.54 Å². The van der Waals surface area contributed by atoms with E-state index in [4.69, 9.17) is 22.9 Å². The lowest BCUT2D eigenvalue weighted by Gasteiger charge is -1.89. The van der Waals surface area contributed by atoms with E-state index in [1.807, 2.05) is 12.2 Å². The first-order chi connectivity index (χ1) is 3.80. The number of rotatable bonds is 1. The molecule has 1 aliphatic carbocycles. The van der Waals surface area contributed by atoms with Gasteiger partial charge in [0.2, 0.25) is 0 Å². The minimum absolute atomic E-state index is 0.395. The molecule has 1 rings (SSSR count). The van der Waals surface area contributed by atoms with Gasteiger partial charge in [0.15, 0.2) is 0 Å². The fourth-order valence-electron chi connectivity index (χ4n) is 0.571. The van der Waals surface area contributed by atoms with Crippen molar-refractivity contribution >= 4 is 28.5 Å². The van der Waals surface area contributed by atoms with Crippen molar-refractivity contribution in [2.75, 3.05) is 0 Å². The number of allylic oxidation sites excluding steroid dienone is 4. The van der Waals surface area contributed by atoms with Gasteiger partial charge in [-0.3, -0.25) is 0 Å². The molecule has 0 aromatic heterocycles. The van der Waals surface area contributed by atoms with Gasteiger partial charge >= 0.3 is 5.54 Å². The van der Waals surface area contributed by atoms with Crippen LogP contribution in [0.15, 0.2) is 17.6 Å². The van der Waals surface area contributed by atoms with Gasteiger partial charge in [-0.1, -0.05) is 12.2 Å². The van der Waals surface area contributed by atoms with Gasteiger partial charge in [-0.25, -0.2) is 0 Å². The molecule has 1 aliphatic rings. The SMILES string of the molecule is ClB(Cl)C1=[C]CC=C1. The number of halogens is 2. The Bertz CT molecular complexity index is 137. The third-order valence-corrected chi connectivity index (χ3v) is 1.43. The zero-order valence-corrected chi connectivity index (χ0v) is 5.71. The summed E-state index contributed by atoms with van der Waals surface area (Å²) < 4.78 is 0. The van der Waals surface area contributed by atoms with E-state index in [2.05, 4.69) is 6.08 Å². The molecule has 41 valence electrons. The lowest BCUT2D eigenvalue weighted by Crippen LogP contribution is -1.93. The summed E-state index contributed by atoms with van der Waals surface area (Å²) in [5.74, 6) is 0. The topological polar surface area (TPSA) is 0 Å². The number of hydrogen-bond acceptors (Lipinski definition) is 0. The van der Waals surface area contributed by atoms with E-state index in [-0.39, 0.29) is 0 Å². The summed E-state index contributed by atoms with van der Waals surface area (Å²) in [6.07, 6.45) is 7.72. The van der Waals surface area contributed by atoms with E-state index in [9.17, 15) is 0 Å². The molecule has 0 amide bonds. The largest absolute Gasteiger partial charge is 0.383 e. The second kappa shape index (κ2) is 2.61. The minimum Gasteiger partial charge on any atom is -0.165 e. The highest BCUT2D eigenvalue weighted by atomic mass is 35.5. The number of hydrogen-bond donors (Lipinski definition) is 0. The van der Waals surface area contributed by atoms with Gasteiger partial charge in [-0.05, 0) is 18.0 Å². The van der Waals surface area contributed by atoms with Crippen molar-refractivity contribution in [1.29, 1.82) is 0 Å². The first-order valence-electron chi connectivity index (χ1n) is 2.36. The Morgan fingerprint density at radius 2 is 2.38 bits per heavy atom. The van der Waals surface area contributed by atoms with Crippen LogP contribution < -0.4 is 0 Å². The van der Waals surface area contributed by atoms with Crippen LogP contribution in [0.1, 0.15) is 6.42 Å². The van der Waals surface area contributed by atoms with E-state index >= 15 is 0 Å². The van der Waals surface area contributed by atoms with Crippen LogP contribution in [0.5, 0.6) is 0 Å². The molecule has 0 bridgehead atoms. The molecule has 0 nitrogen and oxygen atoms in total. The van der Waals surface area contributed by atoms with Crippen LogP contribution in [0.3, 0.4) is 0 Å². The van der Waals surface area contributed by atoms with Crippen molar-refractivity contribution in [2.45, 2.75) is 6.42 Å². The van der Waals surface area contributed by atoms with Crippen molar-refractivity contribution in [2.24, 2.45) is 0 Å². The molecule has 0 spiro atoms. The summed E-state index contributed by atoms with van der Waals surface area (Å²) in [6.45, 7) is 0. The van der Waals surface area contributed by atoms with E-state index < -0.39 is 5.54 Å². The molecule has 1 radical (unpaired) electrons. The summed E-state index contributed by atoms with van der Waals surface area (Å²) >= 11 is 11.0. The molecule has 8 heavy (non-hydrogen) atoms. The highest BCUT2D eigenvalue weighted by molar-refractivity contribution is 7.37. The second-order valence-corrected chi connectivity index (χ2v) is 2.64. The molecule has 0 saturated heterocycles. The van der Waals surface area contributed by atoms with Crippen molar-refractivity contribution in [3.05, 3.63) is 23.7 Å². The molecule has 0 heterocycles. The highest BCUT2D eigenvalue weighted by Crippen LogP contribution is 2.15. The Morgan fingerprint density at radius 1 is 1.62 bits per heavy atom. The first kappa shape index (κ1) is 6.25. The normalized spacial score (nSPS) is 16.5. The van der Waals surface area contributed by atoms with Crippen molar-refractivity contribution in [1.82, 2.24) is 0 Å². The highest BCUT2D eigenvalue weighted by Gasteiger charge is 2.11. The summed E-state index contributed by atoms with van der Waals surface area (Å²) in [7, 11) is 0. The maximum atomic E-state index is 5.50. The van der Waals surface area contributed by atoms with E-state index in [0.717, 1.165) is 11.9 Å². The van der Waals surface area contributed by atoms with Crippen LogP contribution >= 0.6 is 22.9 Å². The van der Waals surface area contributed by atoms with Crippen molar-refractivity contribution in [3.8, 4) is 0 Å². The van der Waals surface area contributed by atoms with Gasteiger partial charge < -0.3 is 0 Å². The summed E-state index contributed by atoms with van der Waals surface area (Å²) in [6, 6.07) is 0. The van der Waals surface area contributed by atoms with E-state index in [0.29, 0.717) is 0 Å². The third-order valence-electron chi connectivity index (χ3n) is 0.957. The van der Waals surface area contributed by atoms with Crippen molar-refractivity contribution in [3.63, 3.8) is 0 Å². The summed E-state index contributed by atoms with van der Waals surface area (Å²) in [4.78, 5) is 0. The van der Waals surface area contributed by atoms with Crippen LogP contribution in [0, 0.1) is 6.08 Å². The Hall–Kier alpha value is 0.125. The van der Waals surface area contributed by atoms with Gasteiger partial charge in [-0.2, -0.15) is 22.9 Å². The predicted molar refractivity (Wildman–Crippen MR) is 38.0 cm³/mol. The van der Waals surface area contributed by atoms with Crippen LogP contribution in [0.2, 0.25) is 0 Å². The Labute approximate surface area is 59.1 Å². The van der Waals surface area contributed by atoms with Gasteiger partial charge in [0.1, 0.15) is 0 Å². The molecule has 3 heteroatoms. The Balaban J connectivity index is 2.58. The predicted octanol–water partition coefficient (Wildman–Crippen LogP) is 2.18. The Morgan fingerprint density at radius 3 is 2.62 bits per heavy atom. The van der Waals surface area contributed by atoms with E-state index in [1.54, 1.807) is 0 Å². The zero-order chi connectivity index (χ0) is 5.98. The monoisotopic (exact) mass is 145 g/mol. The molecule has 0 saturated carbocycles. The zero-order valence-electron chi connectivity index (χ0n) is 4.20. The van der Waals surface area contributed by atoms with Gasteiger partial charge in [0.25, 0.3) is 0 Å². The molecular weight excluding hydrogens is 142 g/mol. The van der Waals surface area contributed by atoms with Crippen LogP contribution in [0.4, 0.5) is 0 Å². The molecule has 0 N–H and O–H groups in total. The maximum Gasteiger partial charge on any atom is 0.383 e. The molecule has 0 unspecified atom stereocenters. The molecule has 0 atom stereocenters. The van der Waals surface area contributed by atoms with Gasteiger partial charge in [-0.15, -0.1) is 0 Å². The molecule has 0 aromatic rings. The fraction of sp³-hybridized carbons (Fsp3) is 0.200. The third kappa shape index (κ3) is 1.30.